The first kappa shape index (κ1) is 19.7. The minimum atomic E-state index is -0.240. The highest BCUT2D eigenvalue weighted by atomic mass is 32.1. The Morgan fingerprint density at radius 1 is 1.12 bits per heavy atom. The Balaban J connectivity index is 1.65. The molecule has 7 heteroatoms. The predicted molar refractivity (Wildman–Crippen MR) is 103 cm³/mol. The zero-order valence-electron chi connectivity index (χ0n) is 15.0. The van der Waals surface area contributed by atoms with Crippen LogP contribution < -0.4 is 10.6 Å². The monoisotopic (exact) mass is 373 g/mol. The zero-order valence-corrected chi connectivity index (χ0v) is 15.8. The van der Waals surface area contributed by atoms with Crippen LogP contribution in [0.4, 0.5) is 5.69 Å². The van der Waals surface area contributed by atoms with Crippen LogP contribution in [-0.2, 0) is 9.59 Å². The van der Waals surface area contributed by atoms with Crippen molar-refractivity contribution in [3.8, 4) is 0 Å². The number of benzene rings is 1. The number of thiophene rings is 1. The predicted octanol–water partition coefficient (Wildman–Crippen LogP) is 2.66. The maximum absolute atomic E-state index is 12.1. The van der Waals surface area contributed by atoms with Crippen molar-refractivity contribution in [1.82, 2.24) is 10.2 Å². The molecule has 0 saturated carbocycles. The van der Waals surface area contributed by atoms with E-state index in [0.717, 1.165) is 5.56 Å². The van der Waals surface area contributed by atoms with Gasteiger partial charge in [-0.2, -0.15) is 11.3 Å². The van der Waals surface area contributed by atoms with E-state index in [2.05, 4.69) is 10.6 Å². The highest BCUT2D eigenvalue weighted by molar-refractivity contribution is 7.08. The summed E-state index contributed by atoms with van der Waals surface area (Å²) in [5.74, 6) is -0.506. The maximum Gasteiger partial charge on any atom is 0.252 e. The number of hydrogen-bond donors (Lipinski definition) is 2. The minimum absolute atomic E-state index is 0.00598. The number of nitrogens with zero attached hydrogens (tertiary/aromatic N) is 1. The van der Waals surface area contributed by atoms with Crippen LogP contribution >= 0.6 is 11.3 Å². The molecular formula is C19H23N3O3S. The van der Waals surface area contributed by atoms with Gasteiger partial charge in [0, 0.05) is 36.6 Å². The summed E-state index contributed by atoms with van der Waals surface area (Å²) in [5, 5.41) is 9.16. The van der Waals surface area contributed by atoms with Gasteiger partial charge < -0.3 is 15.5 Å². The standard InChI is InChI=1S/C19H23N3O3S/c1-14-5-7-16(8-6-14)21-17(23)12-22(2)18(24)4-3-10-20-19(25)15-9-11-26-13-15/h5-9,11,13H,3-4,10,12H2,1-2H3,(H,20,25)(H,21,23). The lowest BCUT2D eigenvalue weighted by Crippen LogP contribution is -2.35. The van der Waals surface area contributed by atoms with E-state index in [-0.39, 0.29) is 30.7 Å². The van der Waals surface area contributed by atoms with Gasteiger partial charge >= 0.3 is 0 Å². The normalized spacial score (nSPS) is 10.2. The zero-order chi connectivity index (χ0) is 18.9. The van der Waals surface area contributed by atoms with Gasteiger partial charge in [-0.25, -0.2) is 0 Å². The van der Waals surface area contributed by atoms with E-state index < -0.39 is 0 Å². The molecule has 0 bridgehead atoms. The van der Waals surface area contributed by atoms with Crippen LogP contribution in [0.25, 0.3) is 0 Å². The average molecular weight is 373 g/mol. The molecule has 3 amide bonds. The molecule has 0 atom stereocenters. The molecule has 1 aromatic carbocycles. The van der Waals surface area contributed by atoms with Crippen LogP contribution in [0, 0.1) is 6.92 Å². The average Bonchev–Trinajstić information content (AvgIpc) is 3.15. The first-order valence-corrected chi connectivity index (χ1v) is 9.31. The Morgan fingerprint density at radius 3 is 2.50 bits per heavy atom. The fraction of sp³-hybridized carbons (Fsp3) is 0.316. The fourth-order valence-electron chi connectivity index (χ4n) is 2.27. The van der Waals surface area contributed by atoms with Crippen LogP contribution in [0.15, 0.2) is 41.1 Å². The molecule has 0 aliphatic carbocycles. The first-order chi connectivity index (χ1) is 12.5. The molecule has 26 heavy (non-hydrogen) atoms. The van der Waals surface area contributed by atoms with Gasteiger partial charge in [0.1, 0.15) is 0 Å². The molecule has 1 aromatic heterocycles. The number of hydrogen-bond acceptors (Lipinski definition) is 4. The van der Waals surface area contributed by atoms with E-state index in [1.54, 1.807) is 18.5 Å². The van der Waals surface area contributed by atoms with Crippen molar-refractivity contribution in [1.29, 1.82) is 0 Å². The van der Waals surface area contributed by atoms with Crippen LogP contribution in [0.5, 0.6) is 0 Å². The smallest absolute Gasteiger partial charge is 0.252 e. The van der Waals surface area contributed by atoms with Gasteiger partial charge in [0.05, 0.1) is 6.54 Å². The Labute approximate surface area is 157 Å². The quantitative estimate of drug-likeness (QED) is 0.698. The van der Waals surface area contributed by atoms with E-state index in [4.69, 9.17) is 0 Å². The molecule has 0 unspecified atom stereocenters. The number of nitrogens with one attached hydrogen (secondary N) is 2. The van der Waals surface area contributed by atoms with Gasteiger partial charge in [0.15, 0.2) is 0 Å². The molecule has 0 saturated heterocycles. The van der Waals surface area contributed by atoms with Crippen molar-refractivity contribution in [2.45, 2.75) is 19.8 Å². The molecule has 0 aliphatic rings. The number of carbonyl (C=O) groups excluding carboxylic acids is 3. The first-order valence-electron chi connectivity index (χ1n) is 8.36. The summed E-state index contributed by atoms with van der Waals surface area (Å²) >= 11 is 1.46. The highest BCUT2D eigenvalue weighted by Gasteiger charge is 2.13. The van der Waals surface area contributed by atoms with Crippen LogP contribution in [0.3, 0.4) is 0 Å². The molecular weight excluding hydrogens is 350 g/mol. The van der Waals surface area contributed by atoms with Gasteiger partial charge in [-0.05, 0) is 36.9 Å². The van der Waals surface area contributed by atoms with Crippen molar-refractivity contribution in [2.24, 2.45) is 0 Å². The Bertz CT molecular complexity index is 742. The molecule has 0 aliphatic heterocycles. The third-order valence-corrected chi connectivity index (χ3v) is 4.46. The second-order valence-corrected chi connectivity index (χ2v) is 6.82. The van der Waals surface area contributed by atoms with Crippen LogP contribution in [0.1, 0.15) is 28.8 Å². The fourth-order valence-corrected chi connectivity index (χ4v) is 2.91. The van der Waals surface area contributed by atoms with Gasteiger partial charge in [0.25, 0.3) is 5.91 Å². The van der Waals surface area contributed by atoms with Crippen molar-refractivity contribution in [3.63, 3.8) is 0 Å². The van der Waals surface area contributed by atoms with Gasteiger partial charge in [-0.15, -0.1) is 0 Å². The lowest BCUT2D eigenvalue weighted by molar-refractivity contribution is -0.133. The molecule has 2 aromatic rings. The summed E-state index contributed by atoms with van der Waals surface area (Å²) < 4.78 is 0. The Morgan fingerprint density at radius 2 is 1.85 bits per heavy atom. The second kappa shape index (κ2) is 9.72. The van der Waals surface area contributed by atoms with E-state index in [0.29, 0.717) is 24.2 Å². The number of anilines is 1. The molecule has 0 spiro atoms. The molecule has 138 valence electrons. The molecule has 1 heterocycles. The van der Waals surface area contributed by atoms with E-state index in [9.17, 15) is 14.4 Å². The van der Waals surface area contributed by atoms with Crippen molar-refractivity contribution in [3.05, 3.63) is 52.2 Å². The van der Waals surface area contributed by atoms with E-state index >= 15 is 0 Å². The third kappa shape index (κ3) is 6.33. The summed E-state index contributed by atoms with van der Waals surface area (Å²) in [6.07, 6.45) is 0.802. The molecule has 2 rings (SSSR count). The second-order valence-electron chi connectivity index (χ2n) is 6.04. The van der Waals surface area contributed by atoms with Crippen molar-refractivity contribution < 1.29 is 14.4 Å². The lowest BCUT2D eigenvalue weighted by atomic mass is 10.2. The Kier molecular flexibility index (Phi) is 7.35. The van der Waals surface area contributed by atoms with E-state index in [1.165, 1.54) is 16.2 Å². The summed E-state index contributed by atoms with van der Waals surface area (Å²) in [5.41, 5.74) is 2.45. The van der Waals surface area contributed by atoms with E-state index in [1.807, 2.05) is 36.6 Å². The largest absolute Gasteiger partial charge is 0.352 e. The molecule has 6 nitrogen and oxygen atoms in total. The topological polar surface area (TPSA) is 78.5 Å². The number of aryl methyl sites for hydroxylation is 1. The number of amides is 3. The third-order valence-electron chi connectivity index (χ3n) is 3.78. The van der Waals surface area contributed by atoms with Crippen molar-refractivity contribution >= 4 is 34.7 Å². The van der Waals surface area contributed by atoms with Gasteiger partial charge in [0.2, 0.25) is 11.8 Å². The summed E-state index contributed by atoms with van der Waals surface area (Å²) in [7, 11) is 1.60. The van der Waals surface area contributed by atoms with Crippen LogP contribution in [-0.4, -0.2) is 42.8 Å². The maximum atomic E-state index is 12.1. The van der Waals surface area contributed by atoms with Gasteiger partial charge in [-0.3, -0.25) is 14.4 Å². The molecule has 0 radical (unpaired) electrons. The Hall–Kier alpha value is -2.67. The highest BCUT2D eigenvalue weighted by Crippen LogP contribution is 2.09. The summed E-state index contributed by atoms with van der Waals surface area (Å²) in [6.45, 7) is 2.39. The summed E-state index contributed by atoms with van der Waals surface area (Å²) in [4.78, 5) is 37.3. The summed E-state index contributed by atoms with van der Waals surface area (Å²) in [6, 6.07) is 9.23. The van der Waals surface area contributed by atoms with Crippen LogP contribution in [0.2, 0.25) is 0 Å². The van der Waals surface area contributed by atoms with Gasteiger partial charge in [-0.1, -0.05) is 17.7 Å². The van der Waals surface area contributed by atoms with Crippen molar-refractivity contribution in [2.75, 3.05) is 25.5 Å². The molecule has 2 N–H and O–H groups in total. The number of carbonyl (C=O) groups is 3. The number of rotatable bonds is 8. The molecule has 0 fully saturated rings. The lowest BCUT2D eigenvalue weighted by Gasteiger charge is -2.17. The number of likely N-dealkylation sites (N-methyl/N-ethyl adjacent to an activating group) is 1. The minimum Gasteiger partial charge on any atom is -0.352 e. The SMILES string of the molecule is Cc1ccc(NC(=O)CN(C)C(=O)CCCNC(=O)c2ccsc2)cc1.